The Labute approximate surface area is 171 Å². The fourth-order valence-electron chi connectivity index (χ4n) is 3.27. The summed E-state index contributed by atoms with van der Waals surface area (Å²) in [7, 11) is 4.67. The number of hydrogen-bond acceptors (Lipinski definition) is 9. The summed E-state index contributed by atoms with van der Waals surface area (Å²) < 4.78 is 16.2. The molecule has 1 aliphatic carbocycles. The first kappa shape index (κ1) is 18.9. The minimum atomic E-state index is -0.702. The molecule has 9 nitrogen and oxygen atoms in total. The second-order valence-corrected chi connectivity index (χ2v) is 7.44. The smallest absolute Gasteiger partial charge is 0.274 e. The van der Waals surface area contributed by atoms with E-state index in [0.29, 0.717) is 22.9 Å². The van der Waals surface area contributed by atoms with E-state index in [1.165, 1.54) is 11.8 Å². The third-order valence-corrected chi connectivity index (χ3v) is 5.92. The van der Waals surface area contributed by atoms with Gasteiger partial charge in [-0.15, -0.1) is 0 Å². The van der Waals surface area contributed by atoms with Crippen molar-refractivity contribution < 1.29 is 19.0 Å². The number of allylic oxidation sites excluding steroid dienone is 1. The van der Waals surface area contributed by atoms with Crippen molar-refractivity contribution in [2.45, 2.75) is 4.87 Å². The summed E-state index contributed by atoms with van der Waals surface area (Å²) in [5.74, 6) is 0.997. The number of amides is 1. The molecule has 1 amide bonds. The van der Waals surface area contributed by atoms with Gasteiger partial charge in [-0.05, 0) is 12.2 Å². The van der Waals surface area contributed by atoms with E-state index >= 15 is 0 Å². The fraction of sp³-hybridized carbons (Fsp3) is 0.211. The Hall–Kier alpha value is -3.40. The van der Waals surface area contributed by atoms with Crippen LogP contribution in [0.2, 0.25) is 0 Å². The molecule has 1 spiro atoms. The number of aliphatic imine (C=N–C) groups is 2. The average molecular weight is 413 g/mol. The number of nitrogens with one attached hydrogen (secondary N) is 2. The minimum Gasteiger partial charge on any atom is -0.493 e. The summed E-state index contributed by atoms with van der Waals surface area (Å²) in [5.41, 5.74) is 8.44. The van der Waals surface area contributed by atoms with Crippen molar-refractivity contribution in [1.82, 2.24) is 5.32 Å². The molecule has 1 aromatic carbocycles. The molecule has 0 radical (unpaired) electrons. The number of carbonyl (C=O) groups is 1. The van der Waals surface area contributed by atoms with Crippen molar-refractivity contribution in [1.29, 1.82) is 0 Å². The zero-order valence-electron chi connectivity index (χ0n) is 16.0. The summed E-state index contributed by atoms with van der Waals surface area (Å²) >= 11 is 1.27. The lowest BCUT2D eigenvalue weighted by Crippen LogP contribution is -2.46. The summed E-state index contributed by atoms with van der Waals surface area (Å²) in [6.07, 6.45) is 7.10. The Kier molecular flexibility index (Phi) is 4.71. The molecule has 1 unspecified atom stereocenters. The maximum atomic E-state index is 11.7. The first-order chi connectivity index (χ1) is 14.0. The Bertz CT molecular complexity index is 1020. The van der Waals surface area contributed by atoms with Crippen LogP contribution in [-0.2, 0) is 4.79 Å². The number of nitrogens with zero attached hydrogens (tertiary/aromatic N) is 2. The number of hydrogen-bond donors (Lipinski definition) is 3. The lowest BCUT2D eigenvalue weighted by Gasteiger charge is -2.34. The monoisotopic (exact) mass is 413 g/mol. The molecule has 2 heterocycles. The van der Waals surface area contributed by atoms with Gasteiger partial charge in [0, 0.05) is 35.3 Å². The number of thioether (sulfide) groups is 1. The molecule has 0 aromatic heterocycles. The van der Waals surface area contributed by atoms with Gasteiger partial charge in [-0.25, -0.2) is 9.98 Å². The number of methoxy groups -OCH3 is 3. The Morgan fingerprint density at radius 1 is 1.17 bits per heavy atom. The van der Waals surface area contributed by atoms with Crippen molar-refractivity contribution >= 4 is 34.7 Å². The molecule has 0 saturated heterocycles. The summed E-state index contributed by atoms with van der Waals surface area (Å²) in [6.45, 7) is 0. The van der Waals surface area contributed by atoms with Crippen LogP contribution in [0.1, 0.15) is 0 Å². The molecule has 150 valence electrons. The van der Waals surface area contributed by atoms with Crippen molar-refractivity contribution in [3.8, 4) is 17.2 Å². The second-order valence-electron chi connectivity index (χ2n) is 6.24. The predicted molar refractivity (Wildman–Crippen MR) is 113 cm³/mol. The number of carbonyl (C=O) groups excluding carboxylic acids is 1. The van der Waals surface area contributed by atoms with Crippen LogP contribution < -0.4 is 30.6 Å². The number of nitrogens with two attached hydrogens (primary N) is 1. The average Bonchev–Trinajstić information content (AvgIpc) is 3.10. The molecule has 4 rings (SSSR count). The van der Waals surface area contributed by atoms with E-state index in [9.17, 15) is 4.79 Å². The molecule has 29 heavy (non-hydrogen) atoms. The van der Waals surface area contributed by atoms with Crippen LogP contribution in [0.15, 0.2) is 57.4 Å². The third-order valence-electron chi connectivity index (χ3n) is 4.56. The predicted octanol–water partition coefficient (Wildman–Crippen LogP) is 1.75. The van der Waals surface area contributed by atoms with Crippen molar-refractivity contribution in [3.05, 3.63) is 47.5 Å². The number of benzene rings is 1. The van der Waals surface area contributed by atoms with Gasteiger partial charge in [0.2, 0.25) is 5.75 Å². The van der Waals surface area contributed by atoms with Gasteiger partial charge < -0.3 is 30.6 Å². The van der Waals surface area contributed by atoms with Gasteiger partial charge in [0.05, 0.1) is 33.4 Å². The highest BCUT2D eigenvalue weighted by Crippen LogP contribution is 2.48. The molecule has 10 heteroatoms. The number of anilines is 1. The highest BCUT2D eigenvalue weighted by atomic mass is 32.2. The van der Waals surface area contributed by atoms with Crippen LogP contribution >= 0.6 is 11.8 Å². The van der Waals surface area contributed by atoms with Gasteiger partial charge >= 0.3 is 0 Å². The molecular formula is C19H19N5O4S. The van der Waals surface area contributed by atoms with Crippen molar-refractivity contribution in [2.24, 2.45) is 15.7 Å². The topological polar surface area (TPSA) is 120 Å². The molecule has 3 aliphatic rings. The molecule has 0 fully saturated rings. The van der Waals surface area contributed by atoms with E-state index < -0.39 is 10.8 Å². The van der Waals surface area contributed by atoms with E-state index in [1.54, 1.807) is 46.0 Å². The molecule has 1 aromatic rings. The van der Waals surface area contributed by atoms with Crippen LogP contribution in [0, 0.1) is 0 Å². The van der Waals surface area contributed by atoms with Crippen LogP contribution in [0.3, 0.4) is 0 Å². The first-order valence-electron chi connectivity index (χ1n) is 8.59. The first-order valence-corrected chi connectivity index (χ1v) is 9.41. The molecule has 0 saturated carbocycles. The van der Waals surface area contributed by atoms with E-state index in [-0.39, 0.29) is 5.04 Å². The summed E-state index contributed by atoms with van der Waals surface area (Å²) in [6, 6.07) is 3.60. The van der Waals surface area contributed by atoms with Gasteiger partial charge in [-0.2, -0.15) is 0 Å². The second kappa shape index (κ2) is 7.21. The molecule has 0 bridgehead atoms. The van der Waals surface area contributed by atoms with Gasteiger partial charge in [-0.1, -0.05) is 11.8 Å². The fourth-order valence-corrected chi connectivity index (χ4v) is 4.35. The maximum absolute atomic E-state index is 11.7. The lowest BCUT2D eigenvalue weighted by atomic mass is 9.96. The van der Waals surface area contributed by atoms with Crippen molar-refractivity contribution in [3.63, 3.8) is 0 Å². The quantitative estimate of drug-likeness (QED) is 0.650. The number of rotatable bonds is 6. The van der Waals surface area contributed by atoms with Crippen LogP contribution in [0.4, 0.5) is 5.69 Å². The van der Waals surface area contributed by atoms with Gasteiger partial charge in [0.25, 0.3) is 5.91 Å². The molecule has 4 N–H and O–H groups in total. The van der Waals surface area contributed by atoms with E-state index in [1.807, 2.05) is 12.2 Å². The van der Waals surface area contributed by atoms with E-state index in [0.717, 1.165) is 17.0 Å². The normalized spacial score (nSPS) is 21.5. The summed E-state index contributed by atoms with van der Waals surface area (Å²) in [5, 5.41) is 6.77. The maximum Gasteiger partial charge on any atom is 0.274 e. The largest absolute Gasteiger partial charge is 0.493 e. The van der Waals surface area contributed by atoms with Crippen LogP contribution in [0.25, 0.3) is 0 Å². The molecular weight excluding hydrogens is 394 g/mol. The van der Waals surface area contributed by atoms with Gasteiger partial charge in [-0.3, -0.25) is 4.79 Å². The van der Waals surface area contributed by atoms with Gasteiger partial charge in [0.1, 0.15) is 0 Å². The minimum absolute atomic E-state index is 0.243. The highest BCUT2D eigenvalue weighted by Gasteiger charge is 2.48. The number of primary amides is 1. The molecule has 1 atom stereocenters. The highest BCUT2D eigenvalue weighted by molar-refractivity contribution is 8.17. The Balaban J connectivity index is 1.73. The Morgan fingerprint density at radius 3 is 2.52 bits per heavy atom. The standard InChI is InChI=1S/C19H19N5O4S/c1-26-13-5-12(6-14(27-2)16(13)28-3)23-11-4-10-8-21-9-22-19(10)15(7-11)24-18(29-19)17(20)25/h4-9,23H,1-3H3,(H2,20,25)(H,21,22). The third kappa shape index (κ3) is 3.11. The van der Waals surface area contributed by atoms with Crippen LogP contribution in [-0.4, -0.2) is 43.5 Å². The van der Waals surface area contributed by atoms with E-state index in [4.69, 9.17) is 19.9 Å². The SMILES string of the molecule is COc1cc(NC2=CC3=CN=CNC34SC(C(N)=O)=NC4=C2)cc(OC)c1OC. The number of ether oxygens (including phenoxy) is 3. The van der Waals surface area contributed by atoms with Gasteiger partial charge in [0.15, 0.2) is 21.4 Å². The molecule has 2 aliphatic heterocycles. The summed E-state index contributed by atoms with van der Waals surface area (Å²) in [4.78, 5) is 19.6. The Morgan fingerprint density at radius 2 is 1.90 bits per heavy atom. The lowest BCUT2D eigenvalue weighted by molar-refractivity contribution is -0.111. The van der Waals surface area contributed by atoms with Crippen LogP contribution in [0.5, 0.6) is 17.2 Å². The zero-order chi connectivity index (χ0) is 20.6. The van der Waals surface area contributed by atoms with Crippen molar-refractivity contribution in [2.75, 3.05) is 26.6 Å². The zero-order valence-corrected chi connectivity index (χ0v) is 16.8. The van der Waals surface area contributed by atoms with E-state index in [2.05, 4.69) is 20.6 Å².